The van der Waals surface area contributed by atoms with E-state index in [0.29, 0.717) is 6.42 Å². The molecule has 0 saturated heterocycles. The summed E-state index contributed by atoms with van der Waals surface area (Å²) >= 11 is 0. The Kier molecular flexibility index (Phi) is 3.57. The summed E-state index contributed by atoms with van der Waals surface area (Å²) in [5, 5.41) is 0. The molecule has 0 aliphatic heterocycles. The topological polar surface area (TPSA) is 60.4 Å². The maximum absolute atomic E-state index is 13.9. The highest BCUT2D eigenvalue weighted by atomic mass is 16.5. The first kappa shape index (κ1) is 18.3. The number of hydrogen-bond acceptors (Lipinski definition) is 4. The molecule has 0 bridgehead atoms. The number of carbonyl (C=O) groups excluding carboxylic acids is 3. The molecular formula is C25H24O4. The molecule has 29 heavy (non-hydrogen) atoms. The molecular weight excluding hydrogens is 364 g/mol. The van der Waals surface area contributed by atoms with Gasteiger partial charge in [0.25, 0.3) is 0 Å². The molecule has 0 amide bonds. The molecule has 0 unspecified atom stereocenters. The molecule has 3 aliphatic rings. The summed E-state index contributed by atoms with van der Waals surface area (Å²) in [6.45, 7) is 5.15. The predicted octanol–water partition coefficient (Wildman–Crippen LogP) is 3.72. The molecule has 5 rings (SSSR count). The standard InChI is InChI=1S/C25H24O4/c1-15(26)29-18-14-23(2)19(18)21(27)24(3)20(22(23)28)25(24,16-10-6-4-7-11-16)17-12-8-5-9-13-17/h4-13,18-20H,14H2,1-3H3/t18-,19+,20-,23+,24-/m1/s1. The van der Waals surface area contributed by atoms with Crippen molar-refractivity contribution in [3.05, 3.63) is 71.8 Å². The van der Waals surface area contributed by atoms with Crippen molar-refractivity contribution < 1.29 is 19.1 Å². The third-order valence-corrected chi connectivity index (χ3v) is 7.82. The number of carbonyl (C=O) groups is 3. The highest BCUT2D eigenvalue weighted by Gasteiger charge is 2.88. The van der Waals surface area contributed by atoms with Crippen LogP contribution in [0.15, 0.2) is 60.7 Å². The third kappa shape index (κ3) is 1.97. The minimum atomic E-state index is -0.838. The first-order valence-electron chi connectivity index (χ1n) is 10.2. The van der Waals surface area contributed by atoms with Crippen LogP contribution >= 0.6 is 0 Å². The number of benzene rings is 2. The second kappa shape index (κ2) is 5.65. The minimum Gasteiger partial charge on any atom is -0.462 e. The predicted molar refractivity (Wildman–Crippen MR) is 107 cm³/mol. The number of ketones is 2. The van der Waals surface area contributed by atoms with E-state index in [1.54, 1.807) is 0 Å². The highest BCUT2D eigenvalue weighted by Crippen LogP contribution is 2.80. The van der Waals surface area contributed by atoms with Gasteiger partial charge >= 0.3 is 5.97 Å². The Hall–Kier alpha value is -2.75. The molecule has 0 N–H and O–H groups in total. The fourth-order valence-corrected chi connectivity index (χ4v) is 6.52. The van der Waals surface area contributed by atoms with Crippen LogP contribution in [0, 0.1) is 22.7 Å². The van der Waals surface area contributed by atoms with E-state index in [-0.39, 0.29) is 11.6 Å². The fraction of sp³-hybridized carbons (Fsp3) is 0.400. The molecule has 5 atom stereocenters. The Morgan fingerprint density at radius 3 is 1.90 bits per heavy atom. The van der Waals surface area contributed by atoms with Crippen molar-refractivity contribution >= 4 is 17.5 Å². The lowest BCUT2D eigenvalue weighted by atomic mass is 9.50. The Morgan fingerprint density at radius 2 is 1.41 bits per heavy atom. The molecule has 0 aromatic heterocycles. The minimum absolute atomic E-state index is 0.0507. The number of ether oxygens (including phenoxy) is 1. The smallest absolute Gasteiger partial charge is 0.302 e. The summed E-state index contributed by atoms with van der Waals surface area (Å²) in [5.74, 6) is -1.19. The zero-order valence-corrected chi connectivity index (χ0v) is 16.8. The molecule has 3 saturated carbocycles. The van der Waals surface area contributed by atoms with Crippen LogP contribution in [0.3, 0.4) is 0 Å². The van der Waals surface area contributed by atoms with E-state index >= 15 is 0 Å². The Bertz CT molecular complexity index is 988. The monoisotopic (exact) mass is 388 g/mol. The highest BCUT2D eigenvalue weighted by molar-refractivity contribution is 6.13. The fourth-order valence-electron chi connectivity index (χ4n) is 6.52. The number of hydrogen-bond donors (Lipinski definition) is 0. The van der Waals surface area contributed by atoms with Gasteiger partial charge in [0.15, 0.2) is 0 Å². The van der Waals surface area contributed by atoms with Crippen LogP contribution in [0.2, 0.25) is 0 Å². The van der Waals surface area contributed by atoms with Gasteiger partial charge in [0.2, 0.25) is 0 Å². The van der Waals surface area contributed by atoms with Gasteiger partial charge in [-0.3, -0.25) is 14.4 Å². The Labute approximate surface area is 170 Å². The average Bonchev–Trinajstić information content (AvgIpc) is 3.29. The molecule has 4 nitrogen and oxygen atoms in total. The lowest BCUT2D eigenvalue weighted by Crippen LogP contribution is -2.63. The van der Waals surface area contributed by atoms with Gasteiger partial charge in [0.05, 0.1) is 11.3 Å². The largest absolute Gasteiger partial charge is 0.462 e. The summed E-state index contributed by atoms with van der Waals surface area (Å²) in [7, 11) is 0. The molecule has 0 spiro atoms. The number of rotatable bonds is 3. The van der Waals surface area contributed by atoms with E-state index in [9.17, 15) is 14.4 Å². The van der Waals surface area contributed by atoms with Gasteiger partial charge in [-0.1, -0.05) is 74.5 Å². The van der Waals surface area contributed by atoms with Crippen LogP contribution < -0.4 is 0 Å². The number of fused-ring (bicyclic) bond motifs is 2. The van der Waals surface area contributed by atoms with Gasteiger partial charge in [-0.15, -0.1) is 0 Å². The van der Waals surface area contributed by atoms with Crippen molar-refractivity contribution in [3.8, 4) is 0 Å². The Balaban J connectivity index is 1.70. The van der Waals surface area contributed by atoms with E-state index in [4.69, 9.17) is 4.74 Å². The Morgan fingerprint density at radius 1 is 0.897 bits per heavy atom. The van der Waals surface area contributed by atoms with Crippen LogP contribution in [0.1, 0.15) is 38.3 Å². The maximum atomic E-state index is 13.9. The second-order valence-electron chi connectivity index (χ2n) is 9.15. The van der Waals surface area contributed by atoms with Crippen LogP contribution in [0.5, 0.6) is 0 Å². The van der Waals surface area contributed by atoms with E-state index in [1.165, 1.54) is 6.92 Å². The van der Waals surface area contributed by atoms with Gasteiger partial charge < -0.3 is 4.74 Å². The van der Waals surface area contributed by atoms with E-state index in [2.05, 4.69) is 0 Å². The molecule has 0 heterocycles. The summed E-state index contributed by atoms with van der Waals surface area (Å²) in [5.41, 5.74) is -0.281. The van der Waals surface area contributed by atoms with Crippen LogP contribution in [-0.2, 0) is 24.5 Å². The molecule has 4 heteroatoms. The molecule has 148 valence electrons. The van der Waals surface area contributed by atoms with E-state index in [0.717, 1.165) is 11.1 Å². The van der Waals surface area contributed by atoms with Gasteiger partial charge in [-0.25, -0.2) is 0 Å². The quantitative estimate of drug-likeness (QED) is 0.752. The van der Waals surface area contributed by atoms with Gasteiger partial charge in [0.1, 0.15) is 17.7 Å². The lowest BCUT2D eigenvalue weighted by molar-refractivity contribution is -0.189. The second-order valence-corrected chi connectivity index (χ2v) is 9.15. The van der Waals surface area contributed by atoms with Crippen molar-refractivity contribution in [2.45, 2.75) is 38.7 Å². The van der Waals surface area contributed by atoms with Gasteiger partial charge in [0, 0.05) is 23.7 Å². The normalized spacial score (nSPS) is 36.4. The van der Waals surface area contributed by atoms with Crippen molar-refractivity contribution in [1.29, 1.82) is 0 Å². The van der Waals surface area contributed by atoms with Crippen molar-refractivity contribution in [2.24, 2.45) is 22.7 Å². The van der Waals surface area contributed by atoms with Crippen LogP contribution in [0.25, 0.3) is 0 Å². The van der Waals surface area contributed by atoms with Crippen LogP contribution in [0.4, 0.5) is 0 Å². The summed E-state index contributed by atoms with van der Waals surface area (Å²) in [6, 6.07) is 19.8. The van der Waals surface area contributed by atoms with Crippen molar-refractivity contribution in [2.75, 3.05) is 0 Å². The molecule has 0 radical (unpaired) electrons. The van der Waals surface area contributed by atoms with E-state index < -0.39 is 40.2 Å². The molecule has 2 aromatic carbocycles. The summed E-state index contributed by atoms with van der Waals surface area (Å²) < 4.78 is 5.42. The maximum Gasteiger partial charge on any atom is 0.302 e. The van der Waals surface area contributed by atoms with E-state index in [1.807, 2.05) is 74.5 Å². The third-order valence-electron chi connectivity index (χ3n) is 7.82. The lowest BCUT2D eigenvalue weighted by Gasteiger charge is -2.53. The number of Topliss-reactive ketones (excluding diaryl/α,β-unsaturated/α-hetero) is 2. The molecule has 3 fully saturated rings. The van der Waals surface area contributed by atoms with Crippen molar-refractivity contribution in [3.63, 3.8) is 0 Å². The SMILES string of the molecule is CC(=O)O[C@@H]1C[C@]2(C)C(=O)[C@H]3C(c4ccccc4)(c4ccccc4)[C@@]3(C)C(=O)[C@H]12. The average molecular weight is 388 g/mol. The van der Waals surface area contributed by atoms with Crippen molar-refractivity contribution in [1.82, 2.24) is 0 Å². The first-order valence-corrected chi connectivity index (χ1v) is 10.2. The summed E-state index contributed by atoms with van der Waals surface area (Å²) in [6.07, 6.45) is -0.0785. The number of esters is 1. The molecule has 2 aromatic rings. The van der Waals surface area contributed by atoms with Crippen LogP contribution in [-0.4, -0.2) is 23.6 Å². The summed E-state index contributed by atoms with van der Waals surface area (Å²) in [4.78, 5) is 39.3. The zero-order valence-electron chi connectivity index (χ0n) is 16.8. The van der Waals surface area contributed by atoms with Gasteiger partial charge in [-0.05, 0) is 17.5 Å². The van der Waals surface area contributed by atoms with Gasteiger partial charge in [-0.2, -0.15) is 0 Å². The zero-order chi connectivity index (χ0) is 20.6. The first-order chi connectivity index (χ1) is 13.8. The molecule has 3 aliphatic carbocycles.